The third kappa shape index (κ3) is 3.81. The zero-order valence-electron chi connectivity index (χ0n) is 17.3. The number of carbonyl (C=O) groups is 1. The Morgan fingerprint density at radius 1 is 0.906 bits per heavy atom. The van der Waals surface area contributed by atoms with E-state index in [1.807, 2.05) is 85.3 Å². The topological polar surface area (TPSA) is 71.2 Å². The molecule has 0 saturated carbocycles. The molecule has 0 unspecified atom stereocenters. The van der Waals surface area contributed by atoms with E-state index < -0.39 is 12.1 Å². The summed E-state index contributed by atoms with van der Waals surface area (Å²) < 4.78 is 5.55. The quantitative estimate of drug-likeness (QED) is 0.360. The molecule has 0 bridgehead atoms. The fourth-order valence-electron chi connectivity index (χ4n) is 4.23. The SMILES string of the molecule is O=[C][C@H](Cc1c[nH]c2ccccc12)NC(=O)OCc1c2ccccc2cc2ccccc12. The lowest BCUT2D eigenvalue weighted by molar-refractivity contribution is 0.139. The highest BCUT2D eigenvalue weighted by Crippen LogP contribution is 2.29. The lowest BCUT2D eigenvalue weighted by atomic mass is 9.97. The number of alkyl carbamates (subject to hydrolysis) is 1. The molecule has 0 aliphatic heterocycles. The Bertz CT molecular complexity index is 1380. The molecule has 32 heavy (non-hydrogen) atoms. The molecule has 5 nitrogen and oxygen atoms in total. The summed E-state index contributed by atoms with van der Waals surface area (Å²) in [6, 6.07) is 25.2. The minimum Gasteiger partial charge on any atom is -0.445 e. The average Bonchev–Trinajstić information content (AvgIpc) is 3.24. The Hall–Kier alpha value is -4.12. The fraction of sp³-hybridized carbons (Fsp3) is 0.111. The van der Waals surface area contributed by atoms with E-state index in [1.165, 1.54) is 0 Å². The maximum atomic E-state index is 12.5. The Morgan fingerprint density at radius 2 is 1.53 bits per heavy atom. The van der Waals surface area contributed by atoms with E-state index >= 15 is 0 Å². The molecule has 2 N–H and O–H groups in total. The predicted octanol–water partition coefficient (Wildman–Crippen LogP) is 5.42. The second-order valence-electron chi connectivity index (χ2n) is 7.75. The second kappa shape index (κ2) is 8.55. The predicted molar refractivity (Wildman–Crippen MR) is 126 cm³/mol. The monoisotopic (exact) mass is 421 g/mol. The van der Waals surface area contributed by atoms with E-state index in [1.54, 1.807) is 0 Å². The Labute approximate surface area is 185 Å². The maximum absolute atomic E-state index is 12.5. The molecule has 0 aliphatic carbocycles. The van der Waals surface area contributed by atoms with Crippen molar-refractivity contribution in [3.05, 3.63) is 96.2 Å². The van der Waals surface area contributed by atoms with Crippen LogP contribution >= 0.6 is 0 Å². The first-order chi connectivity index (χ1) is 15.7. The molecule has 0 spiro atoms. The van der Waals surface area contributed by atoms with Crippen LogP contribution in [0.4, 0.5) is 4.79 Å². The zero-order valence-corrected chi connectivity index (χ0v) is 17.3. The second-order valence-corrected chi connectivity index (χ2v) is 7.75. The van der Waals surface area contributed by atoms with Gasteiger partial charge in [-0.1, -0.05) is 66.7 Å². The summed E-state index contributed by atoms with van der Waals surface area (Å²) in [7, 11) is 0. The minimum atomic E-state index is -0.800. The van der Waals surface area contributed by atoms with Crippen LogP contribution in [0.15, 0.2) is 85.1 Å². The van der Waals surface area contributed by atoms with Gasteiger partial charge in [-0.25, -0.2) is 4.79 Å². The van der Waals surface area contributed by atoms with Crippen molar-refractivity contribution in [3.63, 3.8) is 0 Å². The number of H-pyrrole nitrogens is 1. The summed E-state index contributed by atoms with van der Waals surface area (Å²) >= 11 is 0. The molecule has 4 aromatic carbocycles. The van der Waals surface area contributed by atoms with Gasteiger partial charge < -0.3 is 15.0 Å². The van der Waals surface area contributed by atoms with Crippen molar-refractivity contribution in [2.75, 3.05) is 0 Å². The number of hydrogen-bond donors (Lipinski definition) is 2. The van der Waals surface area contributed by atoms with Crippen molar-refractivity contribution in [1.29, 1.82) is 0 Å². The molecular weight excluding hydrogens is 400 g/mol. The number of para-hydroxylation sites is 1. The third-order valence-electron chi connectivity index (χ3n) is 5.76. The summed E-state index contributed by atoms with van der Waals surface area (Å²) in [5.41, 5.74) is 2.86. The summed E-state index contributed by atoms with van der Waals surface area (Å²) in [6.07, 6.45) is 3.46. The van der Waals surface area contributed by atoms with E-state index in [4.69, 9.17) is 4.74 Å². The van der Waals surface area contributed by atoms with Crippen LogP contribution < -0.4 is 5.32 Å². The molecule has 1 atom stereocenters. The van der Waals surface area contributed by atoms with Gasteiger partial charge in [-0.3, -0.25) is 4.79 Å². The Balaban J connectivity index is 1.33. The number of fused-ring (bicyclic) bond motifs is 3. The standard InChI is InChI=1S/C27H21N2O3/c30-16-21(14-20-15-28-26-12-6-5-11-24(20)26)29-27(31)32-17-25-22-9-3-1-7-18(22)13-19-8-2-4-10-23(19)25/h1-13,15,21,28H,14,17H2,(H,29,31)/t21-/m0/s1. The molecular formula is C27H21N2O3. The summed E-state index contributed by atoms with van der Waals surface area (Å²) in [6.45, 7) is 0.104. The number of aromatic nitrogens is 1. The highest BCUT2D eigenvalue weighted by Gasteiger charge is 2.17. The van der Waals surface area contributed by atoms with Crippen LogP contribution in [-0.4, -0.2) is 23.4 Å². The van der Waals surface area contributed by atoms with Gasteiger partial charge in [-0.2, -0.15) is 0 Å². The number of nitrogens with one attached hydrogen (secondary N) is 2. The molecule has 1 radical (unpaired) electrons. The first-order valence-corrected chi connectivity index (χ1v) is 10.5. The molecule has 1 amide bonds. The first-order valence-electron chi connectivity index (χ1n) is 10.5. The molecule has 157 valence electrons. The highest BCUT2D eigenvalue weighted by molar-refractivity contribution is 6.02. The van der Waals surface area contributed by atoms with E-state index in [0.717, 1.165) is 43.6 Å². The average molecular weight is 421 g/mol. The number of aromatic amines is 1. The van der Waals surface area contributed by atoms with Crippen molar-refractivity contribution in [2.24, 2.45) is 0 Å². The van der Waals surface area contributed by atoms with Crippen molar-refractivity contribution >= 4 is 44.8 Å². The van der Waals surface area contributed by atoms with Crippen molar-refractivity contribution < 1.29 is 14.3 Å². The molecule has 0 saturated heterocycles. The molecule has 5 rings (SSSR count). The van der Waals surface area contributed by atoms with Gasteiger partial charge in [0.1, 0.15) is 12.6 Å². The van der Waals surface area contributed by atoms with E-state index in [9.17, 15) is 9.59 Å². The maximum Gasteiger partial charge on any atom is 0.408 e. The largest absolute Gasteiger partial charge is 0.445 e. The third-order valence-corrected chi connectivity index (χ3v) is 5.76. The normalized spacial score (nSPS) is 12.1. The highest BCUT2D eigenvalue weighted by atomic mass is 16.5. The van der Waals surface area contributed by atoms with Crippen LogP contribution in [-0.2, 0) is 22.6 Å². The fourth-order valence-corrected chi connectivity index (χ4v) is 4.23. The van der Waals surface area contributed by atoms with Gasteiger partial charge in [0.15, 0.2) is 0 Å². The van der Waals surface area contributed by atoms with Crippen LogP contribution in [0.5, 0.6) is 0 Å². The Morgan fingerprint density at radius 3 is 2.22 bits per heavy atom. The summed E-state index contributed by atoms with van der Waals surface area (Å²) in [5.74, 6) is 0. The first kappa shape index (κ1) is 19.8. The summed E-state index contributed by atoms with van der Waals surface area (Å²) in [4.78, 5) is 27.2. The van der Waals surface area contributed by atoms with Gasteiger partial charge in [0.25, 0.3) is 0 Å². The summed E-state index contributed by atoms with van der Waals surface area (Å²) in [5, 5.41) is 7.91. The number of rotatable bonds is 6. The van der Waals surface area contributed by atoms with Crippen molar-refractivity contribution in [3.8, 4) is 0 Å². The number of amides is 1. The minimum absolute atomic E-state index is 0.104. The lowest BCUT2D eigenvalue weighted by Gasteiger charge is -2.14. The smallest absolute Gasteiger partial charge is 0.408 e. The van der Waals surface area contributed by atoms with Crippen LogP contribution in [0.25, 0.3) is 32.4 Å². The van der Waals surface area contributed by atoms with Crippen molar-refractivity contribution in [2.45, 2.75) is 19.1 Å². The number of hydrogen-bond acceptors (Lipinski definition) is 3. The molecule has 0 fully saturated rings. The zero-order chi connectivity index (χ0) is 21.9. The number of ether oxygens (including phenoxy) is 1. The van der Waals surface area contributed by atoms with Gasteiger partial charge in [-0.05, 0) is 39.2 Å². The van der Waals surface area contributed by atoms with E-state index in [-0.39, 0.29) is 6.61 Å². The lowest BCUT2D eigenvalue weighted by Crippen LogP contribution is -2.37. The molecule has 1 aromatic heterocycles. The van der Waals surface area contributed by atoms with Crippen LogP contribution in [0.3, 0.4) is 0 Å². The number of benzene rings is 4. The van der Waals surface area contributed by atoms with Gasteiger partial charge in [-0.15, -0.1) is 0 Å². The Kier molecular flexibility index (Phi) is 5.30. The van der Waals surface area contributed by atoms with E-state index in [2.05, 4.69) is 16.4 Å². The van der Waals surface area contributed by atoms with Gasteiger partial charge in [0.2, 0.25) is 6.29 Å². The number of carbonyl (C=O) groups excluding carboxylic acids is 2. The molecule has 5 aromatic rings. The van der Waals surface area contributed by atoms with Gasteiger partial charge in [0, 0.05) is 29.1 Å². The van der Waals surface area contributed by atoms with Crippen LogP contribution in [0.2, 0.25) is 0 Å². The van der Waals surface area contributed by atoms with Gasteiger partial charge in [0.05, 0.1) is 0 Å². The van der Waals surface area contributed by atoms with Crippen LogP contribution in [0.1, 0.15) is 11.1 Å². The molecule has 1 heterocycles. The van der Waals surface area contributed by atoms with E-state index in [0.29, 0.717) is 6.42 Å². The molecule has 0 aliphatic rings. The van der Waals surface area contributed by atoms with Crippen LogP contribution in [0, 0.1) is 0 Å². The van der Waals surface area contributed by atoms with Gasteiger partial charge >= 0.3 is 6.09 Å². The van der Waals surface area contributed by atoms with Crippen molar-refractivity contribution in [1.82, 2.24) is 10.3 Å². The molecule has 5 heteroatoms.